The molecule has 2 aromatic heterocycles. The third-order valence-corrected chi connectivity index (χ3v) is 6.62. The molecule has 10 nitrogen and oxygen atoms in total. The Morgan fingerprint density at radius 2 is 2.08 bits per heavy atom. The van der Waals surface area contributed by atoms with Crippen LogP contribution in [0.4, 0.5) is 15.9 Å². The monoisotopic (exact) mass is 555 g/mol. The summed E-state index contributed by atoms with van der Waals surface area (Å²) in [5, 5.41) is 9.26. The van der Waals surface area contributed by atoms with Crippen LogP contribution in [0, 0.1) is 5.82 Å². The number of ether oxygens (including phenoxy) is 1. The van der Waals surface area contributed by atoms with Crippen LogP contribution in [0.25, 0.3) is 11.4 Å². The van der Waals surface area contributed by atoms with Crippen molar-refractivity contribution < 1.29 is 18.7 Å². The topological polar surface area (TPSA) is 121 Å². The zero-order valence-electron chi connectivity index (χ0n) is 21.8. The summed E-state index contributed by atoms with van der Waals surface area (Å²) in [5.41, 5.74) is 0.871. The zero-order valence-corrected chi connectivity index (χ0v) is 22.6. The van der Waals surface area contributed by atoms with Crippen LogP contribution < -0.4 is 20.7 Å². The van der Waals surface area contributed by atoms with Crippen molar-refractivity contribution >= 4 is 34.9 Å². The molecule has 0 saturated carbocycles. The summed E-state index contributed by atoms with van der Waals surface area (Å²) in [4.78, 5) is 40.2. The number of hydrogen-bond acceptors (Lipinski definition) is 8. The van der Waals surface area contributed by atoms with E-state index in [1.165, 1.54) is 37.7 Å². The van der Waals surface area contributed by atoms with Crippen LogP contribution in [-0.4, -0.2) is 71.0 Å². The molecule has 4 rings (SSSR count). The van der Waals surface area contributed by atoms with Crippen molar-refractivity contribution in [3.63, 3.8) is 0 Å². The van der Waals surface area contributed by atoms with Gasteiger partial charge in [-0.2, -0.15) is 0 Å². The fraction of sp³-hybridized carbons (Fsp3) is 0.370. The smallest absolute Gasteiger partial charge is 0.254 e. The highest BCUT2D eigenvalue weighted by Crippen LogP contribution is 2.30. The maximum Gasteiger partial charge on any atom is 0.254 e. The summed E-state index contributed by atoms with van der Waals surface area (Å²) in [6.07, 6.45) is 6.93. The maximum atomic E-state index is 14.4. The number of nitrogens with zero attached hydrogens (tertiary/aromatic N) is 4. The van der Waals surface area contributed by atoms with Crippen molar-refractivity contribution in [2.45, 2.75) is 32.2 Å². The van der Waals surface area contributed by atoms with E-state index in [0.29, 0.717) is 48.1 Å². The lowest BCUT2D eigenvalue weighted by atomic mass is 10.2. The standard InChI is InChI=1S/C27H31ClFN7O3/c1-3-31-27(38)22-6-4-12-36(22)13-5-10-32-26(37)19-15-30-11-9-21(19)34-25-23(39-2)16-33-24(35-25)18-14-17(28)7-8-20(18)29/h7-9,11,14-16,22H,3-6,10,12-13H2,1-2H3,(H,31,38)(H,32,37)(H,30,33,34,35). The fourth-order valence-corrected chi connectivity index (χ4v) is 4.65. The number of hydrogen-bond donors (Lipinski definition) is 3. The third-order valence-electron chi connectivity index (χ3n) is 6.39. The van der Waals surface area contributed by atoms with Crippen LogP contribution in [0.1, 0.15) is 36.5 Å². The molecule has 3 N–H and O–H groups in total. The number of rotatable bonds is 11. The average Bonchev–Trinajstić information content (AvgIpc) is 3.41. The van der Waals surface area contributed by atoms with Gasteiger partial charge in [0.25, 0.3) is 5.91 Å². The van der Waals surface area contributed by atoms with Crippen molar-refractivity contribution in [2.75, 3.05) is 38.6 Å². The van der Waals surface area contributed by atoms with E-state index in [4.69, 9.17) is 16.3 Å². The molecule has 1 aliphatic heterocycles. The molecule has 3 heterocycles. The Balaban J connectivity index is 1.43. The number of anilines is 2. The first-order valence-corrected chi connectivity index (χ1v) is 13.2. The summed E-state index contributed by atoms with van der Waals surface area (Å²) < 4.78 is 19.8. The molecule has 206 valence electrons. The lowest BCUT2D eigenvalue weighted by Gasteiger charge is -2.23. The molecule has 39 heavy (non-hydrogen) atoms. The summed E-state index contributed by atoms with van der Waals surface area (Å²) in [7, 11) is 1.46. The van der Waals surface area contributed by atoms with Gasteiger partial charge in [0.2, 0.25) is 5.91 Å². The van der Waals surface area contributed by atoms with Crippen molar-refractivity contribution in [3.8, 4) is 17.1 Å². The number of carbonyl (C=O) groups is 2. The first-order chi connectivity index (χ1) is 18.9. The van der Waals surface area contributed by atoms with Gasteiger partial charge in [0.05, 0.1) is 36.2 Å². The number of aromatic nitrogens is 3. The van der Waals surface area contributed by atoms with Gasteiger partial charge in [0, 0.05) is 37.1 Å². The molecule has 12 heteroatoms. The number of methoxy groups -OCH3 is 1. The molecular formula is C27H31ClFN7O3. The Labute approximate surface area is 231 Å². The van der Waals surface area contributed by atoms with Crippen LogP contribution >= 0.6 is 11.6 Å². The van der Waals surface area contributed by atoms with Crippen molar-refractivity contribution in [3.05, 3.63) is 59.3 Å². The van der Waals surface area contributed by atoms with Gasteiger partial charge in [0.1, 0.15) is 5.82 Å². The second kappa shape index (κ2) is 13.3. The number of halogens is 2. The predicted molar refractivity (Wildman–Crippen MR) is 147 cm³/mol. The lowest BCUT2D eigenvalue weighted by molar-refractivity contribution is -0.125. The molecule has 1 aliphatic rings. The average molecular weight is 556 g/mol. The zero-order chi connectivity index (χ0) is 27.8. The Kier molecular flexibility index (Phi) is 9.61. The fourth-order valence-electron chi connectivity index (χ4n) is 4.48. The van der Waals surface area contributed by atoms with E-state index in [-0.39, 0.29) is 35.1 Å². The predicted octanol–water partition coefficient (Wildman–Crippen LogP) is 3.80. The van der Waals surface area contributed by atoms with Gasteiger partial charge in [-0.25, -0.2) is 14.4 Å². The van der Waals surface area contributed by atoms with Crippen LogP contribution in [0.2, 0.25) is 5.02 Å². The number of likely N-dealkylation sites (N-methyl/N-ethyl adjacent to an activating group) is 1. The number of amides is 2. The first-order valence-electron chi connectivity index (χ1n) is 12.8. The van der Waals surface area contributed by atoms with Gasteiger partial charge < -0.3 is 20.7 Å². The van der Waals surface area contributed by atoms with E-state index in [9.17, 15) is 14.0 Å². The van der Waals surface area contributed by atoms with Crippen molar-refractivity contribution in [2.24, 2.45) is 0 Å². The second-order valence-corrected chi connectivity index (χ2v) is 9.42. The molecule has 2 amide bonds. The van der Waals surface area contributed by atoms with Gasteiger partial charge in [-0.05, 0) is 57.0 Å². The quantitative estimate of drug-likeness (QED) is 0.305. The summed E-state index contributed by atoms with van der Waals surface area (Å²) in [6.45, 7) is 4.53. The third kappa shape index (κ3) is 6.98. The van der Waals surface area contributed by atoms with Gasteiger partial charge >= 0.3 is 0 Å². The van der Waals surface area contributed by atoms with Crippen LogP contribution in [-0.2, 0) is 4.79 Å². The van der Waals surface area contributed by atoms with Crippen molar-refractivity contribution in [1.29, 1.82) is 0 Å². The minimum Gasteiger partial charge on any atom is -0.491 e. The minimum absolute atomic E-state index is 0.0616. The van der Waals surface area contributed by atoms with Gasteiger partial charge in [-0.1, -0.05) is 11.6 Å². The molecule has 0 bridgehead atoms. The summed E-state index contributed by atoms with van der Waals surface area (Å²) >= 11 is 6.04. The van der Waals surface area contributed by atoms with Crippen LogP contribution in [0.15, 0.2) is 42.9 Å². The van der Waals surface area contributed by atoms with Gasteiger partial charge in [0.15, 0.2) is 17.4 Å². The molecule has 1 saturated heterocycles. The number of benzene rings is 1. The molecule has 1 fully saturated rings. The van der Waals surface area contributed by atoms with E-state index in [1.54, 1.807) is 12.3 Å². The molecule has 1 atom stereocenters. The van der Waals surface area contributed by atoms with E-state index in [2.05, 4.69) is 35.8 Å². The normalized spacial score (nSPS) is 15.1. The van der Waals surface area contributed by atoms with E-state index in [1.807, 2.05) is 6.92 Å². The highest BCUT2D eigenvalue weighted by atomic mass is 35.5. The molecule has 1 aromatic carbocycles. The number of nitrogens with one attached hydrogen (secondary N) is 3. The van der Waals surface area contributed by atoms with E-state index in [0.717, 1.165) is 19.4 Å². The maximum absolute atomic E-state index is 14.4. The highest BCUT2D eigenvalue weighted by Gasteiger charge is 2.29. The second-order valence-electron chi connectivity index (χ2n) is 8.98. The molecule has 3 aromatic rings. The van der Waals surface area contributed by atoms with Crippen molar-refractivity contribution in [1.82, 2.24) is 30.5 Å². The molecule has 0 aliphatic carbocycles. The Bertz CT molecular complexity index is 1330. The Morgan fingerprint density at radius 3 is 2.87 bits per heavy atom. The lowest BCUT2D eigenvalue weighted by Crippen LogP contribution is -2.44. The molecule has 1 unspecified atom stereocenters. The summed E-state index contributed by atoms with van der Waals surface area (Å²) in [5.74, 6) is -0.130. The number of likely N-dealkylation sites (tertiary alicyclic amines) is 1. The van der Waals surface area contributed by atoms with Gasteiger partial charge in [-0.15, -0.1) is 0 Å². The highest BCUT2D eigenvalue weighted by molar-refractivity contribution is 6.30. The number of pyridine rings is 1. The number of carbonyl (C=O) groups excluding carboxylic acids is 2. The van der Waals surface area contributed by atoms with E-state index >= 15 is 0 Å². The Morgan fingerprint density at radius 1 is 1.23 bits per heavy atom. The first kappa shape index (κ1) is 28.2. The van der Waals surface area contributed by atoms with E-state index < -0.39 is 5.82 Å². The molecule has 0 radical (unpaired) electrons. The van der Waals surface area contributed by atoms with Crippen LogP contribution in [0.3, 0.4) is 0 Å². The molecular weight excluding hydrogens is 525 g/mol. The minimum atomic E-state index is -0.522. The SMILES string of the molecule is CCNC(=O)C1CCCN1CCCNC(=O)c1cnccc1Nc1nc(-c2cc(Cl)ccc2F)ncc1OC. The Hall–Kier alpha value is -3.83. The summed E-state index contributed by atoms with van der Waals surface area (Å²) in [6, 6.07) is 5.65. The molecule has 0 spiro atoms. The van der Waals surface area contributed by atoms with Gasteiger partial charge in [-0.3, -0.25) is 19.5 Å². The largest absolute Gasteiger partial charge is 0.491 e. The van der Waals surface area contributed by atoms with Crippen LogP contribution in [0.5, 0.6) is 5.75 Å².